The van der Waals surface area contributed by atoms with Gasteiger partial charge in [-0.1, -0.05) is 6.58 Å². The summed E-state index contributed by atoms with van der Waals surface area (Å²) in [5, 5.41) is 0. The number of carbonyl (C=O) groups excluding carboxylic acids is 2. The predicted octanol–water partition coefficient (Wildman–Crippen LogP) is 1.22. The van der Waals surface area contributed by atoms with E-state index in [9.17, 15) is 9.59 Å². The number of esters is 1. The van der Waals surface area contributed by atoms with E-state index in [1.165, 1.54) is 6.08 Å². The molecule has 0 aliphatic rings. The van der Waals surface area contributed by atoms with Crippen molar-refractivity contribution in [2.24, 2.45) is 4.99 Å². The van der Waals surface area contributed by atoms with Crippen LogP contribution in [-0.4, -0.2) is 25.2 Å². The highest BCUT2D eigenvalue weighted by Gasteiger charge is 2.01. The number of hydrogen-bond donors (Lipinski definition) is 0. The predicted molar refractivity (Wildman–Crippen MR) is 48.0 cm³/mol. The van der Waals surface area contributed by atoms with E-state index in [-0.39, 0.29) is 5.97 Å². The monoisotopic (exact) mass is 183 g/mol. The molecule has 0 spiro atoms. The van der Waals surface area contributed by atoms with Gasteiger partial charge in [0.15, 0.2) is 0 Å². The molecule has 0 amide bonds. The van der Waals surface area contributed by atoms with Crippen LogP contribution in [0, 0.1) is 0 Å². The molecule has 13 heavy (non-hydrogen) atoms. The number of nitrogens with zero attached hydrogens (tertiary/aromatic N) is 1. The SMILES string of the molecule is C=C(C)C(=O)OCCCCN=C=O. The van der Waals surface area contributed by atoms with Crippen molar-refractivity contribution in [3.63, 3.8) is 0 Å². The average Bonchev–Trinajstić information content (AvgIpc) is 2.10. The van der Waals surface area contributed by atoms with Crippen molar-refractivity contribution in [1.82, 2.24) is 0 Å². The van der Waals surface area contributed by atoms with E-state index in [1.807, 2.05) is 0 Å². The molecular formula is C9H13NO3. The summed E-state index contributed by atoms with van der Waals surface area (Å²) in [7, 11) is 0. The van der Waals surface area contributed by atoms with Gasteiger partial charge in [-0.2, -0.15) is 0 Å². The van der Waals surface area contributed by atoms with Crippen LogP contribution in [0.5, 0.6) is 0 Å². The molecule has 72 valence electrons. The lowest BCUT2D eigenvalue weighted by molar-refractivity contribution is -0.139. The summed E-state index contributed by atoms with van der Waals surface area (Å²) < 4.78 is 4.80. The number of rotatable bonds is 6. The molecule has 4 heteroatoms. The second kappa shape index (κ2) is 7.25. The van der Waals surface area contributed by atoms with E-state index in [4.69, 9.17) is 4.74 Å². The molecule has 0 aromatic heterocycles. The maximum Gasteiger partial charge on any atom is 0.333 e. The Hall–Kier alpha value is -1.41. The minimum Gasteiger partial charge on any atom is -0.462 e. The van der Waals surface area contributed by atoms with Crippen molar-refractivity contribution in [2.75, 3.05) is 13.2 Å². The number of isocyanates is 1. The van der Waals surface area contributed by atoms with Crippen LogP contribution >= 0.6 is 0 Å². The maximum atomic E-state index is 10.8. The highest BCUT2D eigenvalue weighted by atomic mass is 16.5. The van der Waals surface area contributed by atoms with E-state index in [2.05, 4.69) is 11.6 Å². The van der Waals surface area contributed by atoms with Crippen molar-refractivity contribution in [2.45, 2.75) is 19.8 Å². The van der Waals surface area contributed by atoms with E-state index in [0.717, 1.165) is 6.42 Å². The number of ether oxygens (including phenoxy) is 1. The zero-order valence-electron chi connectivity index (χ0n) is 7.71. The van der Waals surface area contributed by atoms with Gasteiger partial charge in [-0.3, -0.25) is 0 Å². The average molecular weight is 183 g/mol. The lowest BCUT2D eigenvalue weighted by Gasteiger charge is -2.02. The third-order valence-electron chi connectivity index (χ3n) is 1.31. The van der Waals surface area contributed by atoms with Gasteiger partial charge < -0.3 is 4.74 Å². The Morgan fingerprint density at radius 1 is 1.54 bits per heavy atom. The molecule has 0 aliphatic carbocycles. The van der Waals surface area contributed by atoms with Gasteiger partial charge >= 0.3 is 5.97 Å². The van der Waals surface area contributed by atoms with Crippen molar-refractivity contribution in [1.29, 1.82) is 0 Å². The van der Waals surface area contributed by atoms with Crippen molar-refractivity contribution < 1.29 is 14.3 Å². The Kier molecular flexibility index (Phi) is 6.46. The summed E-state index contributed by atoms with van der Waals surface area (Å²) in [5.41, 5.74) is 0.394. The minimum atomic E-state index is -0.376. The van der Waals surface area contributed by atoms with Gasteiger partial charge in [0.05, 0.1) is 13.2 Å². The molecule has 0 saturated heterocycles. The zero-order chi connectivity index (χ0) is 10.1. The summed E-state index contributed by atoms with van der Waals surface area (Å²) in [6.45, 7) is 5.82. The van der Waals surface area contributed by atoms with Crippen LogP contribution in [0.2, 0.25) is 0 Å². The summed E-state index contributed by atoms with van der Waals surface area (Å²) in [6.07, 6.45) is 2.86. The zero-order valence-corrected chi connectivity index (χ0v) is 7.71. The second-order valence-corrected chi connectivity index (χ2v) is 2.60. The summed E-state index contributed by atoms with van der Waals surface area (Å²) in [5.74, 6) is -0.376. The number of aliphatic imine (C=N–C) groups is 1. The van der Waals surface area contributed by atoms with Crippen molar-refractivity contribution in [3.8, 4) is 0 Å². The lowest BCUT2D eigenvalue weighted by atomic mass is 10.3. The largest absolute Gasteiger partial charge is 0.462 e. The van der Waals surface area contributed by atoms with Crippen LogP contribution in [-0.2, 0) is 14.3 Å². The van der Waals surface area contributed by atoms with Crippen LogP contribution in [0.4, 0.5) is 0 Å². The van der Waals surface area contributed by atoms with Crippen molar-refractivity contribution in [3.05, 3.63) is 12.2 Å². The molecule has 0 radical (unpaired) electrons. The standard InChI is InChI=1S/C9H13NO3/c1-8(2)9(12)13-6-4-3-5-10-7-11/h1,3-6H2,2H3. The summed E-state index contributed by atoms with van der Waals surface area (Å²) >= 11 is 0. The molecule has 0 aromatic carbocycles. The maximum absolute atomic E-state index is 10.8. The molecule has 0 N–H and O–H groups in total. The number of hydrogen-bond acceptors (Lipinski definition) is 4. The molecule has 0 bridgehead atoms. The van der Waals surface area contributed by atoms with Gasteiger partial charge in [0.25, 0.3) is 0 Å². The van der Waals surface area contributed by atoms with Gasteiger partial charge in [-0.15, -0.1) is 0 Å². The molecule has 0 heterocycles. The van der Waals surface area contributed by atoms with Crippen LogP contribution < -0.4 is 0 Å². The number of carbonyl (C=O) groups is 1. The van der Waals surface area contributed by atoms with Gasteiger partial charge in [0.1, 0.15) is 0 Å². The Morgan fingerprint density at radius 3 is 2.77 bits per heavy atom. The lowest BCUT2D eigenvalue weighted by Crippen LogP contribution is -2.06. The van der Waals surface area contributed by atoms with E-state index >= 15 is 0 Å². The summed E-state index contributed by atoms with van der Waals surface area (Å²) in [4.78, 5) is 23.8. The highest BCUT2D eigenvalue weighted by Crippen LogP contribution is 1.95. The molecule has 0 unspecified atom stereocenters. The first kappa shape index (κ1) is 11.6. The topological polar surface area (TPSA) is 55.7 Å². The molecule has 0 atom stereocenters. The van der Waals surface area contributed by atoms with E-state index < -0.39 is 0 Å². The van der Waals surface area contributed by atoms with Crippen molar-refractivity contribution >= 4 is 12.0 Å². The smallest absolute Gasteiger partial charge is 0.333 e. The Balaban J connectivity index is 3.30. The Labute approximate surface area is 77.3 Å². The molecule has 4 nitrogen and oxygen atoms in total. The van der Waals surface area contributed by atoms with Gasteiger partial charge in [0.2, 0.25) is 6.08 Å². The third kappa shape index (κ3) is 6.97. The fraction of sp³-hybridized carbons (Fsp3) is 0.556. The van der Waals surface area contributed by atoms with E-state index in [1.54, 1.807) is 6.92 Å². The fourth-order valence-electron chi connectivity index (χ4n) is 0.627. The quantitative estimate of drug-likeness (QED) is 0.204. The van der Waals surface area contributed by atoms with E-state index in [0.29, 0.717) is 25.1 Å². The minimum absolute atomic E-state index is 0.347. The molecular weight excluding hydrogens is 170 g/mol. The Morgan fingerprint density at radius 2 is 2.23 bits per heavy atom. The van der Waals surface area contributed by atoms with Crippen LogP contribution in [0.3, 0.4) is 0 Å². The molecule has 0 aliphatic heterocycles. The molecule has 0 saturated carbocycles. The van der Waals surface area contributed by atoms with Crippen LogP contribution in [0.1, 0.15) is 19.8 Å². The number of unbranched alkanes of at least 4 members (excludes halogenated alkanes) is 1. The third-order valence-corrected chi connectivity index (χ3v) is 1.31. The fourth-order valence-corrected chi connectivity index (χ4v) is 0.627. The van der Waals surface area contributed by atoms with Crippen LogP contribution in [0.25, 0.3) is 0 Å². The van der Waals surface area contributed by atoms with Crippen LogP contribution in [0.15, 0.2) is 17.1 Å². The second-order valence-electron chi connectivity index (χ2n) is 2.60. The highest BCUT2D eigenvalue weighted by molar-refractivity contribution is 5.86. The first-order valence-electron chi connectivity index (χ1n) is 4.04. The summed E-state index contributed by atoms with van der Waals surface area (Å²) in [6, 6.07) is 0. The van der Waals surface area contributed by atoms with Gasteiger partial charge in [0, 0.05) is 5.57 Å². The van der Waals surface area contributed by atoms with Gasteiger partial charge in [-0.05, 0) is 19.8 Å². The Bertz CT molecular complexity index is 229. The normalized spacial score (nSPS) is 8.69. The first-order valence-corrected chi connectivity index (χ1v) is 4.04. The molecule has 0 fully saturated rings. The molecule has 0 rings (SSSR count). The van der Waals surface area contributed by atoms with Gasteiger partial charge in [-0.25, -0.2) is 14.6 Å². The first-order chi connectivity index (χ1) is 6.18. The molecule has 0 aromatic rings.